The van der Waals surface area contributed by atoms with Gasteiger partial charge in [-0.05, 0) is 36.4 Å². The molecule has 0 saturated carbocycles. The molecule has 10 heteroatoms. The monoisotopic (exact) mass is 390 g/mol. The second-order valence-corrected chi connectivity index (χ2v) is 6.73. The number of nitrogens with two attached hydrogens (primary N) is 1. The van der Waals surface area contributed by atoms with Crippen molar-refractivity contribution in [2.75, 3.05) is 11.6 Å². The summed E-state index contributed by atoms with van der Waals surface area (Å²) in [6, 6.07) is 10.3. The molecule has 3 N–H and O–H groups in total. The van der Waals surface area contributed by atoms with Gasteiger partial charge in [-0.15, -0.1) is 10.2 Å². The molecule has 134 valence electrons. The third-order valence-corrected chi connectivity index (χ3v) is 4.72. The maximum atomic E-state index is 12.0. The molecule has 0 atom stereocenters. The molecule has 2 amide bonds. The Morgan fingerprint density at radius 2 is 1.96 bits per heavy atom. The number of halogens is 1. The van der Waals surface area contributed by atoms with E-state index in [4.69, 9.17) is 17.4 Å². The number of nitrogen functional groups attached to an aromatic ring is 1. The molecule has 3 rings (SSSR count). The summed E-state index contributed by atoms with van der Waals surface area (Å²) in [6.07, 6.45) is 1.73. The van der Waals surface area contributed by atoms with E-state index in [-0.39, 0.29) is 5.75 Å². The van der Waals surface area contributed by atoms with Crippen LogP contribution in [0.1, 0.15) is 10.5 Å². The summed E-state index contributed by atoms with van der Waals surface area (Å²) in [5.74, 6) is 5.51. The first-order valence-electron chi connectivity index (χ1n) is 7.50. The second-order valence-electron chi connectivity index (χ2n) is 5.35. The molecular weight excluding hydrogens is 376 g/mol. The molecule has 0 spiro atoms. The SMILES string of the molecule is Cn1cccc1C(=O)NC(=O)CSc1nnc(-c2ccc(Cl)cc2)n1N. The van der Waals surface area contributed by atoms with Gasteiger partial charge in [-0.1, -0.05) is 23.4 Å². The van der Waals surface area contributed by atoms with E-state index in [1.54, 1.807) is 54.2 Å². The fourth-order valence-corrected chi connectivity index (χ4v) is 3.01. The predicted molar refractivity (Wildman–Crippen MR) is 99.2 cm³/mol. The van der Waals surface area contributed by atoms with Gasteiger partial charge in [0.25, 0.3) is 5.91 Å². The Balaban J connectivity index is 1.61. The van der Waals surface area contributed by atoms with Crippen LogP contribution in [0.5, 0.6) is 0 Å². The second kappa shape index (κ2) is 7.63. The molecule has 0 fully saturated rings. The Bertz CT molecular complexity index is 950. The van der Waals surface area contributed by atoms with Crippen LogP contribution in [0.25, 0.3) is 11.4 Å². The lowest BCUT2D eigenvalue weighted by Gasteiger charge is -2.05. The average Bonchev–Trinajstić information content (AvgIpc) is 3.20. The standard InChI is InChI=1S/C16H15ClN6O2S/c1-22-8-2-3-12(22)15(25)19-13(24)9-26-16-21-20-14(23(16)18)10-4-6-11(17)7-5-10/h2-8H,9,18H2,1H3,(H,19,24,25). The summed E-state index contributed by atoms with van der Waals surface area (Å²) in [5, 5.41) is 11.3. The lowest BCUT2D eigenvalue weighted by molar-refractivity contribution is -0.117. The zero-order valence-electron chi connectivity index (χ0n) is 13.7. The van der Waals surface area contributed by atoms with E-state index in [0.717, 1.165) is 17.3 Å². The molecule has 2 aromatic heterocycles. The van der Waals surface area contributed by atoms with Crippen LogP contribution in [0.15, 0.2) is 47.8 Å². The van der Waals surface area contributed by atoms with Gasteiger partial charge in [0.2, 0.25) is 11.1 Å². The van der Waals surface area contributed by atoms with Gasteiger partial charge >= 0.3 is 0 Å². The third kappa shape index (κ3) is 3.89. The summed E-state index contributed by atoms with van der Waals surface area (Å²) in [5.41, 5.74) is 1.15. The quantitative estimate of drug-likeness (QED) is 0.507. The molecule has 0 aliphatic rings. The predicted octanol–water partition coefficient (Wildman–Crippen LogP) is 1.70. The minimum atomic E-state index is -0.459. The number of nitrogens with one attached hydrogen (secondary N) is 1. The van der Waals surface area contributed by atoms with Crippen LogP contribution in [0.3, 0.4) is 0 Å². The first-order valence-corrected chi connectivity index (χ1v) is 8.87. The maximum Gasteiger partial charge on any atom is 0.274 e. The summed E-state index contributed by atoms with van der Waals surface area (Å²) < 4.78 is 2.92. The normalized spacial score (nSPS) is 10.7. The largest absolute Gasteiger partial charge is 0.347 e. The molecule has 0 aliphatic carbocycles. The van der Waals surface area contributed by atoms with Crippen molar-refractivity contribution >= 4 is 35.2 Å². The van der Waals surface area contributed by atoms with Gasteiger partial charge in [0.05, 0.1) is 5.75 Å². The van der Waals surface area contributed by atoms with Crippen molar-refractivity contribution in [1.29, 1.82) is 0 Å². The summed E-state index contributed by atoms with van der Waals surface area (Å²) in [7, 11) is 1.73. The number of amides is 2. The van der Waals surface area contributed by atoms with Crippen LogP contribution in [-0.2, 0) is 11.8 Å². The van der Waals surface area contributed by atoms with Crippen LogP contribution in [-0.4, -0.2) is 37.0 Å². The van der Waals surface area contributed by atoms with Gasteiger partial charge in [0.15, 0.2) is 5.82 Å². The number of imide groups is 1. The molecule has 1 aromatic carbocycles. The molecule has 3 aromatic rings. The minimum absolute atomic E-state index is 0.0217. The Labute approximate surface area is 158 Å². The van der Waals surface area contributed by atoms with Crippen LogP contribution >= 0.6 is 23.4 Å². The fourth-order valence-electron chi connectivity index (χ4n) is 2.23. The molecule has 0 radical (unpaired) electrons. The number of hydrogen-bond acceptors (Lipinski definition) is 6. The number of aryl methyl sites for hydroxylation is 1. The Hall–Kier alpha value is -2.78. The van der Waals surface area contributed by atoms with Gasteiger partial charge in [0, 0.05) is 23.8 Å². The number of aromatic nitrogens is 4. The Morgan fingerprint density at radius 1 is 1.23 bits per heavy atom. The van der Waals surface area contributed by atoms with Gasteiger partial charge in [-0.3, -0.25) is 14.9 Å². The smallest absolute Gasteiger partial charge is 0.274 e. The van der Waals surface area contributed by atoms with Crippen molar-refractivity contribution in [3.05, 3.63) is 53.3 Å². The Morgan fingerprint density at radius 3 is 2.62 bits per heavy atom. The first-order chi connectivity index (χ1) is 12.5. The highest BCUT2D eigenvalue weighted by Gasteiger charge is 2.16. The number of rotatable bonds is 5. The molecule has 0 bridgehead atoms. The van der Waals surface area contributed by atoms with E-state index in [2.05, 4.69) is 15.5 Å². The molecule has 0 aliphatic heterocycles. The number of thioether (sulfide) groups is 1. The number of hydrogen-bond donors (Lipinski definition) is 2. The zero-order valence-corrected chi connectivity index (χ0v) is 15.3. The first kappa shape index (κ1) is 18.0. The highest BCUT2D eigenvalue weighted by molar-refractivity contribution is 7.99. The number of carbonyl (C=O) groups is 2. The van der Waals surface area contributed by atoms with E-state index in [1.807, 2.05) is 0 Å². The number of benzene rings is 1. The lowest BCUT2D eigenvalue weighted by Crippen LogP contribution is -2.33. The number of nitrogens with zero attached hydrogens (tertiary/aromatic N) is 4. The van der Waals surface area contributed by atoms with E-state index in [9.17, 15) is 9.59 Å². The molecule has 8 nitrogen and oxygen atoms in total. The molecule has 0 unspecified atom stereocenters. The number of carbonyl (C=O) groups excluding carboxylic acids is 2. The van der Waals surface area contributed by atoms with Crippen LogP contribution < -0.4 is 11.2 Å². The van der Waals surface area contributed by atoms with Crippen LogP contribution in [0.4, 0.5) is 0 Å². The van der Waals surface area contributed by atoms with Crippen LogP contribution in [0, 0.1) is 0 Å². The van der Waals surface area contributed by atoms with E-state index in [0.29, 0.717) is 21.7 Å². The van der Waals surface area contributed by atoms with Crippen molar-refractivity contribution in [2.24, 2.45) is 7.05 Å². The molecule has 2 heterocycles. The van der Waals surface area contributed by atoms with Crippen molar-refractivity contribution in [3.63, 3.8) is 0 Å². The van der Waals surface area contributed by atoms with Crippen molar-refractivity contribution < 1.29 is 9.59 Å². The van der Waals surface area contributed by atoms with Gasteiger partial charge in [-0.25, -0.2) is 4.68 Å². The van der Waals surface area contributed by atoms with Crippen LogP contribution in [0.2, 0.25) is 5.02 Å². The maximum absolute atomic E-state index is 12.0. The van der Waals surface area contributed by atoms with Crippen molar-refractivity contribution in [2.45, 2.75) is 5.16 Å². The van der Waals surface area contributed by atoms with Gasteiger partial charge in [0.1, 0.15) is 5.69 Å². The molecule has 0 saturated heterocycles. The highest BCUT2D eigenvalue weighted by atomic mass is 35.5. The minimum Gasteiger partial charge on any atom is -0.347 e. The lowest BCUT2D eigenvalue weighted by atomic mass is 10.2. The molecule has 26 heavy (non-hydrogen) atoms. The van der Waals surface area contributed by atoms with E-state index < -0.39 is 11.8 Å². The summed E-state index contributed by atoms with van der Waals surface area (Å²) in [6.45, 7) is 0. The van der Waals surface area contributed by atoms with Crippen molar-refractivity contribution in [1.82, 2.24) is 24.8 Å². The van der Waals surface area contributed by atoms with Gasteiger partial charge < -0.3 is 10.4 Å². The van der Waals surface area contributed by atoms with E-state index in [1.165, 1.54) is 4.68 Å². The molecular formula is C16H15ClN6O2S. The topological polar surface area (TPSA) is 108 Å². The van der Waals surface area contributed by atoms with E-state index >= 15 is 0 Å². The van der Waals surface area contributed by atoms with Crippen molar-refractivity contribution in [3.8, 4) is 11.4 Å². The fraction of sp³-hybridized carbons (Fsp3) is 0.125. The Kier molecular flexibility index (Phi) is 5.29. The van der Waals surface area contributed by atoms with Gasteiger partial charge in [-0.2, -0.15) is 0 Å². The summed E-state index contributed by atoms with van der Waals surface area (Å²) in [4.78, 5) is 24.0. The highest BCUT2D eigenvalue weighted by Crippen LogP contribution is 2.22. The zero-order chi connectivity index (χ0) is 18.7. The average molecular weight is 391 g/mol. The third-order valence-electron chi connectivity index (χ3n) is 3.53. The summed E-state index contributed by atoms with van der Waals surface area (Å²) >= 11 is 6.95.